The summed E-state index contributed by atoms with van der Waals surface area (Å²) in [5, 5.41) is 8.87. The van der Waals surface area contributed by atoms with Gasteiger partial charge in [-0.15, -0.1) is 0 Å². The maximum Gasteiger partial charge on any atom is 0.193 e. The van der Waals surface area contributed by atoms with Gasteiger partial charge in [0.2, 0.25) is 0 Å². The van der Waals surface area contributed by atoms with Crippen LogP contribution in [0.1, 0.15) is 13.8 Å². The Kier molecular flexibility index (Phi) is 3.15. The third-order valence-corrected chi connectivity index (χ3v) is 2.59. The predicted molar refractivity (Wildman–Crippen MR) is 52.6 cm³/mol. The van der Waals surface area contributed by atoms with Crippen LogP contribution in [0.3, 0.4) is 0 Å². The smallest absolute Gasteiger partial charge is 0.193 e. The van der Waals surface area contributed by atoms with Crippen molar-refractivity contribution < 1.29 is 9.47 Å². The Balaban J connectivity index is 2.39. The molecule has 0 aromatic heterocycles. The SMILES string of the molecule is COC1(OC)CN(CC(C)(C)C#N)C1. The minimum Gasteiger partial charge on any atom is -0.351 e. The molecule has 0 amide bonds. The molecule has 0 aromatic carbocycles. The van der Waals surface area contributed by atoms with Gasteiger partial charge in [-0.3, -0.25) is 4.90 Å². The quantitative estimate of drug-likeness (QED) is 0.628. The van der Waals surface area contributed by atoms with Gasteiger partial charge in [0.1, 0.15) is 0 Å². The molecule has 14 heavy (non-hydrogen) atoms. The zero-order valence-corrected chi connectivity index (χ0v) is 9.33. The molecule has 4 heteroatoms. The minimum absolute atomic E-state index is 0.298. The Bertz CT molecular complexity index is 233. The topological polar surface area (TPSA) is 45.5 Å². The van der Waals surface area contributed by atoms with Crippen LogP contribution in [0, 0.1) is 16.7 Å². The Labute approximate surface area is 85.4 Å². The van der Waals surface area contributed by atoms with E-state index in [-0.39, 0.29) is 5.41 Å². The van der Waals surface area contributed by atoms with Crippen LogP contribution in [0.15, 0.2) is 0 Å². The molecule has 1 saturated heterocycles. The summed E-state index contributed by atoms with van der Waals surface area (Å²) in [7, 11) is 3.30. The molecule has 80 valence electrons. The van der Waals surface area contributed by atoms with E-state index < -0.39 is 5.79 Å². The summed E-state index contributed by atoms with van der Waals surface area (Å²) in [6.45, 7) is 6.12. The first-order chi connectivity index (χ1) is 6.47. The molecule has 0 N–H and O–H groups in total. The van der Waals surface area contributed by atoms with E-state index in [9.17, 15) is 0 Å². The van der Waals surface area contributed by atoms with Crippen molar-refractivity contribution in [2.45, 2.75) is 19.6 Å². The Morgan fingerprint density at radius 2 is 1.86 bits per heavy atom. The zero-order chi connectivity index (χ0) is 10.8. The maximum atomic E-state index is 8.87. The minimum atomic E-state index is -0.439. The van der Waals surface area contributed by atoms with E-state index >= 15 is 0 Å². The van der Waals surface area contributed by atoms with Gasteiger partial charge in [-0.05, 0) is 13.8 Å². The van der Waals surface area contributed by atoms with Crippen molar-refractivity contribution in [1.82, 2.24) is 4.90 Å². The summed E-state index contributed by atoms with van der Waals surface area (Å²) in [5.41, 5.74) is -0.298. The molecule has 0 radical (unpaired) electrons. The number of nitriles is 1. The van der Waals surface area contributed by atoms with Crippen LogP contribution in [0.4, 0.5) is 0 Å². The highest BCUT2D eigenvalue weighted by Gasteiger charge is 2.45. The summed E-state index contributed by atoms with van der Waals surface area (Å²) in [6.07, 6.45) is 0. The lowest BCUT2D eigenvalue weighted by molar-refractivity contribution is -0.277. The lowest BCUT2D eigenvalue weighted by Crippen LogP contribution is -2.65. The number of rotatable bonds is 4. The molecular weight excluding hydrogens is 180 g/mol. The van der Waals surface area contributed by atoms with Gasteiger partial charge in [-0.25, -0.2) is 0 Å². The standard InChI is InChI=1S/C10H18N2O2/c1-9(2,5-11)6-12-7-10(8-12,13-3)14-4/h6-8H2,1-4H3. The van der Waals surface area contributed by atoms with E-state index in [0.717, 1.165) is 19.6 Å². The zero-order valence-electron chi connectivity index (χ0n) is 9.33. The predicted octanol–water partition coefficient (Wildman–Crippen LogP) is 0.841. The van der Waals surface area contributed by atoms with Crippen LogP contribution in [0.2, 0.25) is 0 Å². The molecule has 0 atom stereocenters. The number of likely N-dealkylation sites (tertiary alicyclic amines) is 1. The van der Waals surface area contributed by atoms with Crippen molar-refractivity contribution in [3.63, 3.8) is 0 Å². The van der Waals surface area contributed by atoms with Crippen LogP contribution in [-0.2, 0) is 9.47 Å². The summed E-state index contributed by atoms with van der Waals surface area (Å²) < 4.78 is 10.5. The highest BCUT2D eigenvalue weighted by atomic mass is 16.7. The monoisotopic (exact) mass is 198 g/mol. The van der Waals surface area contributed by atoms with Crippen LogP contribution < -0.4 is 0 Å². The molecule has 1 fully saturated rings. The van der Waals surface area contributed by atoms with Crippen LogP contribution in [-0.4, -0.2) is 44.5 Å². The highest BCUT2D eigenvalue weighted by molar-refractivity contribution is 4.98. The number of nitrogens with zero attached hydrogens (tertiary/aromatic N) is 2. The third kappa shape index (κ3) is 2.24. The fraction of sp³-hybridized carbons (Fsp3) is 0.900. The number of ether oxygens (including phenoxy) is 2. The van der Waals surface area contributed by atoms with Crippen molar-refractivity contribution in [2.75, 3.05) is 33.9 Å². The Morgan fingerprint density at radius 3 is 2.21 bits per heavy atom. The van der Waals surface area contributed by atoms with Gasteiger partial charge in [0.05, 0.1) is 24.6 Å². The molecule has 0 aromatic rings. The summed E-state index contributed by atoms with van der Waals surface area (Å²) in [5.74, 6) is -0.439. The van der Waals surface area contributed by atoms with E-state index in [1.807, 2.05) is 13.8 Å². The highest BCUT2D eigenvalue weighted by Crippen LogP contribution is 2.28. The van der Waals surface area contributed by atoms with Crippen molar-refractivity contribution >= 4 is 0 Å². The van der Waals surface area contributed by atoms with Gasteiger partial charge in [-0.1, -0.05) is 0 Å². The first kappa shape index (κ1) is 11.4. The van der Waals surface area contributed by atoms with E-state index in [0.29, 0.717) is 0 Å². The van der Waals surface area contributed by atoms with Crippen molar-refractivity contribution in [3.05, 3.63) is 0 Å². The van der Waals surface area contributed by atoms with Gasteiger partial charge in [-0.2, -0.15) is 5.26 Å². The number of hydrogen-bond acceptors (Lipinski definition) is 4. The first-order valence-corrected chi connectivity index (χ1v) is 4.71. The van der Waals surface area contributed by atoms with Crippen molar-refractivity contribution in [3.8, 4) is 6.07 Å². The lowest BCUT2D eigenvalue weighted by atomic mass is 9.92. The van der Waals surface area contributed by atoms with E-state index in [2.05, 4.69) is 11.0 Å². The summed E-state index contributed by atoms with van der Waals surface area (Å²) in [4.78, 5) is 2.16. The molecule has 1 aliphatic rings. The van der Waals surface area contributed by atoms with E-state index in [1.165, 1.54) is 0 Å². The largest absolute Gasteiger partial charge is 0.351 e. The summed E-state index contributed by atoms with van der Waals surface area (Å²) in [6, 6.07) is 2.28. The second-order valence-electron chi connectivity index (χ2n) is 4.46. The molecular formula is C10H18N2O2. The molecule has 0 unspecified atom stereocenters. The molecule has 1 heterocycles. The second-order valence-corrected chi connectivity index (χ2v) is 4.46. The van der Waals surface area contributed by atoms with Gasteiger partial charge in [0.25, 0.3) is 0 Å². The molecule has 4 nitrogen and oxygen atoms in total. The lowest BCUT2D eigenvalue weighted by Gasteiger charge is -2.48. The van der Waals surface area contributed by atoms with E-state index in [4.69, 9.17) is 14.7 Å². The van der Waals surface area contributed by atoms with E-state index in [1.54, 1.807) is 14.2 Å². The average Bonchev–Trinajstić information content (AvgIpc) is 2.11. The molecule has 1 rings (SSSR count). The average molecular weight is 198 g/mol. The third-order valence-electron chi connectivity index (χ3n) is 2.59. The first-order valence-electron chi connectivity index (χ1n) is 4.71. The molecule has 1 aliphatic heterocycles. The van der Waals surface area contributed by atoms with Crippen molar-refractivity contribution in [1.29, 1.82) is 5.26 Å². The van der Waals surface area contributed by atoms with Crippen LogP contribution in [0.5, 0.6) is 0 Å². The summed E-state index contributed by atoms with van der Waals surface area (Å²) >= 11 is 0. The van der Waals surface area contributed by atoms with Gasteiger partial charge < -0.3 is 9.47 Å². The Hall–Kier alpha value is -0.630. The molecule has 0 spiro atoms. The van der Waals surface area contributed by atoms with Crippen molar-refractivity contribution in [2.24, 2.45) is 5.41 Å². The fourth-order valence-electron chi connectivity index (χ4n) is 1.68. The van der Waals surface area contributed by atoms with Gasteiger partial charge in [0, 0.05) is 20.8 Å². The fourth-order valence-corrected chi connectivity index (χ4v) is 1.68. The maximum absolute atomic E-state index is 8.87. The molecule has 0 aliphatic carbocycles. The van der Waals surface area contributed by atoms with Gasteiger partial charge in [0.15, 0.2) is 5.79 Å². The normalized spacial score (nSPS) is 21.4. The van der Waals surface area contributed by atoms with Gasteiger partial charge >= 0.3 is 0 Å². The number of hydrogen-bond donors (Lipinski definition) is 0. The van der Waals surface area contributed by atoms with Crippen LogP contribution >= 0.6 is 0 Å². The number of methoxy groups -OCH3 is 2. The molecule has 0 saturated carbocycles. The second kappa shape index (κ2) is 3.85. The Morgan fingerprint density at radius 1 is 1.36 bits per heavy atom. The van der Waals surface area contributed by atoms with Crippen LogP contribution in [0.25, 0.3) is 0 Å². The molecule has 0 bridgehead atoms.